The molecule has 0 bridgehead atoms. The van der Waals surface area contributed by atoms with Crippen molar-refractivity contribution in [3.05, 3.63) is 38.9 Å². The molecule has 0 aliphatic carbocycles. The average molecular weight is 280 g/mol. The molecule has 7 heteroatoms. The van der Waals surface area contributed by atoms with Gasteiger partial charge in [0.25, 0.3) is 5.69 Å². The maximum Gasteiger partial charge on any atom is 0.274 e. The van der Waals surface area contributed by atoms with Crippen molar-refractivity contribution >= 4 is 40.5 Å². The molecule has 0 aromatic heterocycles. The number of rotatable bonds is 3. The largest absolute Gasteiger partial charge is 0.274 e. The van der Waals surface area contributed by atoms with Gasteiger partial charge in [0.2, 0.25) is 4.33 Å². The molecule has 4 nitrogen and oxygen atoms in total. The van der Waals surface area contributed by atoms with Crippen molar-refractivity contribution in [2.45, 2.75) is 10.8 Å². The van der Waals surface area contributed by atoms with Crippen LogP contribution in [-0.2, 0) is 6.42 Å². The lowest BCUT2D eigenvalue weighted by Crippen LogP contribution is -2.14. The Balaban J connectivity index is 3.15. The van der Waals surface area contributed by atoms with Gasteiger partial charge in [0, 0.05) is 23.1 Å². The van der Waals surface area contributed by atoms with Gasteiger partial charge in [-0.3, -0.25) is 10.1 Å². The van der Waals surface area contributed by atoms with Crippen LogP contribution in [0.1, 0.15) is 5.56 Å². The normalized spacial score (nSPS) is 10.9. The molecule has 0 atom stereocenters. The number of nitriles is 1. The van der Waals surface area contributed by atoms with Gasteiger partial charge in [-0.05, 0) is 6.07 Å². The molecular formula is C9H5Cl3N2O2. The molecule has 0 spiro atoms. The maximum atomic E-state index is 10.7. The summed E-state index contributed by atoms with van der Waals surface area (Å²) >= 11 is 16.9. The molecule has 0 aliphatic rings. The minimum absolute atomic E-state index is 0.139. The molecule has 1 aromatic carbocycles. The molecule has 1 rings (SSSR count). The second kappa shape index (κ2) is 4.88. The van der Waals surface area contributed by atoms with Crippen LogP contribution in [0.4, 0.5) is 5.69 Å². The van der Waals surface area contributed by atoms with Crippen molar-refractivity contribution in [3.63, 3.8) is 0 Å². The SMILES string of the molecule is N#CC(Cl)(Cl)Cc1ccc(Cl)cc1[N+](=O)[O-]. The topological polar surface area (TPSA) is 66.9 Å². The number of halogens is 3. The third-order valence-electron chi connectivity index (χ3n) is 1.82. The Hall–Kier alpha value is -1.02. The second-order valence-corrected chi connectivity index (χ2v) is 4.94. The molecule has 0 saturated heterocycles. The zero-order valence-corrected chi connectivity index (χ0v) is 10.1. The molecule has 0 N–H and O–H groups in total. The lowest BCUT2D eigenvalue weighted by atomic mass is 10.1. The lowest BCUT2D eigenvalue weighted by Gasteiger charge is -2.10. The third kappa shape index (κ3) is 3.24. The number of hydrogen-bond acceptors (Lipinski definition) is 3. The maximum absolute atomic E-state index is 10.7. The summed E-state index contributed by atoms with van der Waals surface area (Å²) in [6.45, 7) is 0. The first kappa shape index (κ1) is 13.0. The van der Waals surface area contributed by atoms with Crippen LogP contribution in [0.3, 0.4) is 0 Å². The van der Waals surface area contributed by atoms with E-state index in [1.54, 1.807) is 6.07 Å². The highest BCUT2D eigenvalue weighted by molar-refractivity contribution is 6.50. The Kier molecular flexibility index (Phi) is 3.98. The van der Waals surface area contributed by atoms with Gasteiger partial charge in [0.15, 0.2) is 0 Å². The van der Waals surface area contributed by atoms with Gasteiger partial charge in [-0.2, -0.15) is 5.26 Å². The van der Waals surface area contributed by atoms with E-state index in [0.29, 0.717) is 0 Å². The van der Waals surface area contributed by atoms with Crippen LogP contribution >= 0.6 is 34.8 Å². The van der Waals surface area contributed by atoms with Gasteiger partial charge < -0.3 is 0 Å². The van der Waals surface area contributed by atoms with Crippen LogP contribution < -0.4 is 0 Å². The summed E-state index contributed by atoms with van der Waals surface area (Å²) in [5.74, 6) is 0. The summed E-state index contributed by atoms with van der Waals surface area (Å²) in [5.41, 5.74) is 0.0642. The predicted molar refractivity (Wildman–Crippen MR) is 61.9 cm³/mol. The highest BCUT2D eigenvalue weighted by Crippen LogP contribution is 2.31. The molecule has 0 fully saturated rings. The van der Waals surface area contributed by atoms with Crippen molar-refractivity contribution in [2.75, 3.05) is 0 Å². The fourth-order valence-corrected chi connectivity index (χ4v) is 1.59. The highest BCUT2D eigenvalue weighted by Gasteiger charge is 2.28. The van der Waals surface area contributed by atoms with E-state index in [9.17, 15) is 10.1 Å². The standard InChI is InChI=1S/C9H5Cl3N2O2/c10-7-2-1-6(4-9(11,12)5-13)8(3-7)14(15)16/h1-3H,4H2. The summed E-state index contributed by atoms with van der Waals surface area (Å²) in [6.07, 6.45) is -0.139. The van der Waals surface area contributed by atoms with Crippen LogP contribution in [0.5, 0.6) is 0 Å². The zero-order valence-electron chi connectivity index (χ0n) is 7.78. The molecule has 0 aliphatic heterocycles. The van der Waals surface area contributed by atoms with Crippen molar-refractivity contribution in [3.8, 4) is 6.07 Å². The van der Waals surface area contributed by atoms with Crippen molar-refractivity contribution in [2.24, 2.45) is 0 Å². The number of nitro groups is 1. The summed E-state index contributed by atoms with van der Waals surface area (Å²) < 4.78 is -1.68. The summed E-state index contributed by atoms with van der Waals surface area (Å²) in [4.78, 5) is 10.1. The second-order valence-electron chi connectivity index (χ2n) is 3.02. The van der Waals surface area contributed by atoms with E-state index in [1.165, 1.54) is 18.2 Å². The molecule has 0 unspecified atom stereocenters. The number of benzene rings is 1. The van der Waals surface area contributed by atoms with Crippen LogP contribution in [0.25, 0.3) is 0 Å². The molecule has 0 saturated carbocycles. The quantitative estimate of drug-likeness (QED) is 0.483. The first-order valence-corrected chi connectivity index (χ1v) is 5.21. The van der Waals surface area contributed by atoms with Gasteiger partial charge >= 0.3 is 0 Å². The molecular weight excluding hydrogens is 274 g/mol. The van der Waals surface area contributed by atoms with Gasteiger partial charge in [-0.15, -0.1) is 0 Å². The number of nitro benzene ring substituents is 1. The fraction of sp³-hybridized carbons (Fsp3) is 0.222. The van der Waals surface area contributed by atoms with Gasteiger partial charge in [0.1, 0.15) is 6.07 Å². The average Bonchev–Trinajstić information content (AvgIpc) is 2.20. The summed E-state index contributed by atoms with van der Waals surface area (Å²) in [7, 11) is 0. The van der Waals surface area contributed by atoms with E-state index in [1.807, 2.05) is 0 Å². The monoisotopic (exact) mass is 278 g/mol. The van der Waals surface area contributed by atoms with Crippen molar-refractivity contribution < 1.29 is 4.92 Å². The smallest absolute Gasteiger partial charge is 0.258 e. The molecule has 84 valence electrons. The Bertz CT molecular complexity index is 468. The Morgan fingerprint density at radius 2 is 2.12 bits per heavy atom. The predicted octanol–water partition coefficient (Wildman–Crippen LogP) is 3.49. The summed E-state index contributed by atoms with van der Waals surface area (Å²) in [5, 5.41) is 19.6. The van der Waals surface area contributed by atoms with Crippen LogP contribution in [0.2, 0.25) is 5.02 Å². The van der Waals surface area contributed by atoms with Crippen LogP contribution in [-0.4, -0.2) is 9.26 Å². The zero-order chi connectivity index (χ0) is 12.3. The van der Waals surface area contributed by atoms with E-state index >= 15 is 0 Å². The van der Waals surface area contributed by atoms with E-state index < -0.39 is 9.26 Å². The van der Waals surface area contributed by atoms with Gasteiger partial charge in [0.05, 0.1) is 4.92 Å². The van der Waals surface area contributed by atoms with Crippen molar-refractivity contribution in [1.82, 2.24) is 0 Å². The number of nitrogens with zero attached hydrogens (tertiary/aromatic N) is 2. The van der Waals surface area contributed by atoms with E-state index in [-0.39, 0.29) is 22.7 Å². The first-order chi connectivity index (χ1) is 7.35. The molecule has 16 heavy (non-hydrogen) atoms. The van der Waals surface area contributed by atoms with Gasteiger partial charge in [-0.1, -0.05) is 40.9 Å². The molecule has 0 amide bonds. The Morgan fingerprint density at radius 1 is 1.50 bits per heavy atom. The highest BCUT2D eigenvalue weighted by atomic mass is 35.5. The fourth-order valence-electron chi connectivity index (χ4n) is 1.14. The van der Waals surface area contributed by atoms with Crippen LogP contribution in [0, 0.1) is 21.4 Å². The Labute approximate surface area is 106 Å². The number of hydrogen-bond donors (Lipinski definition) is 0. The molecule has 1 aromatic rings. The minimum Gasteiger partial charge on any atom is -0.258 e. The first-order valence-electron chi connectivity index (χ1n) is 4.07. The van der Waals surface area contributed by atoms with E-state index in [2.05, 4.69) is 0 Å². The molecule has 0 radical (unpaired) electrons. The van der Waals surface area contributed by atoms with Crippen molar-refractivity contribution in [1.29, 1.82) is 5.26 Å². The van der Waals surface area contributed by atoms with E-state index in [4.69, 9.17) is 40.1 Å². The minimum atomic E-state index is -1.68. The Morgan fingerprint density at radius 3 is 2.62 bits per heavy atom. The third-order valence-corrected chi connectivity index (χ3v) is 2.49. The molecule has 0 heterocycles. The van der Waals surface area contributed by atoms with E-state index in [0.717, 1.165) is 0 Å². The lowest BCUT2D eigenvalue weighted by molar-refractivity contribution is -0.385. The number of alkyl halides is 2. The summed E-state index contributed by atoms with van der Waals surface area (Å²) in [6, 6.07) is 5.74. The van der Waals surface area contributed by atoms with Gasteiger partial charge in [-0.25, -0.2) is 0 Å². The van der Waals surface area contributed by atoms with Crippen LogP contribution in [0.15, 0.2) is 18.2 Å².